The predicted molar refractivity (Wildman–Crippen MR) is 50.0 cm³/mol. The van der Waals surface area contributed by atoms with E-state index in [2.05, 4.69) is 14.1 Å². The van der Waals surface area contributed by atoms with E-state index >= 15 is 0 Å². The van der Waals surface area contributed by atoms with Crippen molar-refractivity contribution >= 4 is 35.1 Å². The number of rotatable bonds is 4. The molecule has 0 aliphatic rings. The monoisotopic (exact) mass is 221 g/mol. The van der Waals surface area contributed by atoms with Gasteiger partial charge in [-0.2, -0.15) is 8.75 Å². The van der Waals surface area contributed by atoms with Gasteiger partial charge < -0.3 is 10.1 Å². The van der Waals surface area contributed by atoms with Crippen LogP contribution in [0.1, 0.15) is 6.92 Å². The number of ether oxygens (including phenoxy) is 1. The Kier molecular flexibility index (Phi) is 3.91. The highest BCUT2D eigenvalue weighted by atomic mass is 35.5. The number of hydrogen-bond donors (Lipinski definition) is 1. The van der Waals surface area contributed by atoms with E-state index in [9.17, 15) is 4.79 Å². The molecule has 1 rings (SSSR count). The maximum atomic E-state index is 10.9. The molecule has 1 aromatic rings. The summed E-state index contributed by atoms with van der Waals surface area (Å²) >= 11 is 6.61. The SMILES string of the molecule is CCOC(=O)CNc1nsnc1Cl. The van der Waals surface area contributed by atoms with E-state index < -0.39 is 0 Å². The largest absolute Gasteiger partial charge is 0.465 e. The van der Waals surface area contributed by atoms with Gasteiger partial charge in [-0.25, -0.2) is 0 Å². The molecule has 0 aromatic carbocycles. The molecule has 0 aliphatic heterocycles. The first-order valence-electron chi connectivity index (χ1n) is 3.61. The zero-order valence-electron chi connectivity index (χ0n) is 6.91. The Labute approximate surface area is 84.4 Å². The summed E-state index contributed by atoms with van der Waals surface area (Å²) in [7, 11) is 0. The Morgan fingerprint density at radius 1 is 1.69 bits per heavy atom. The molecule has 0 spiro atoms. The average molecular weight is 222 g/mol. The maximum Gasteiger partial charge on any atom is 0.325 e. The minimum atomic E-state index is -0.341. The Hall–Kier alpha value is -0.880. The molecule has 0 radical (unpaired) electrons. The van der Waals surface area contributed by atoms with Crippen molar-refractivity contribution in [1.82, 2.24) is 8.75 Å². The highest BCUT2D eigenvalue weighted by molar-refractivity contribution is 6.99. The van der Waals surface area contributed by atoms with E-state index in [0.29, 0.717) is 12.4 Å². The normalized spacial score (nSPS) is 9.69. The average Bonchev–Trinajstić information content (AvgIpc) is 2.48. The van der Waals surface area contributed by atoms with Gasteiger partial charge in [0.15, 0.2) is 11.0 Å². The molecule has 72 valence electrons. The lowest BCUT2D eigenvalue weighted by Crippen LogP contribution is -2.16. The van der Waals surface area contributed by atoms with E-state index in [-0.39, 0.29) is 17.7 Å². The second-order valence-corrected chi connectivity index (χ2v) is 2.95. The van der Waals surface area contributed by atoms with Crippen molar-refractivity contribution in [3.63, 3.8) is 0 Å². The first-order chi connectivity index (χ1) is 6.24. The molecule has 0 unspecified atom stereocenters. The third kappa shape index (κ3) is 3.16. The second kappa shape index (κ2) is 4.98. The fourth-order valence-corrected chi connectivity index (χ4v) is 1.33. The number of carbonyl (C=O) groups is 1. The number of anilines is 1. The minimum absolute atomic E-state index is 0.0545. The summed E-state index contributed by atoms with van der Waals surface area (Å²) in [5.41, 5.74) is 0. The van der Waals surface area contributed by atoms with Gasteiger partial charge in [0.2, 0.25) is 0 Å². The number of nitrogens with one attached hydrogen (secondary N) is 1. The standard InChI is InChI=1S/C6H8ClN3O2S/c1-2-12-4(11)3-8-6-5(7)9-13-10-6/h2-3H2,1H3,(H,8,10). The van der Waals surface area contributed by atoms with Crippen molar-refractivity contribution in [2.24, 2.45) is 0 Å². The molecule has 0 saturated carbocycles. The van der Waals surface area contributed by atoms with Crippen molar-refractivity contribution in [2.45, 2.75) is 6.92 Å². The lowest BCUT2D eigenvalue weighted by molar-refractivity contribution is -0.140. The Bertz CT molecular complexity index is 291. The summed E-state index contributed by atoms with van der Waals surface area (Å²) in [6.07, 6.45) is 0. The van der Waals surface area contributed by atoms with Gasteiger partial charge >= 0.3 is 5.97 Å². The molecule has 0 saturated heterocycles. The van der Waals surface area contributed by atoms with Crippen molar-refractivity contribution < 1.29 is 9.53 Å². The lowest BCUT2D eigenvalue weighted by Gasteiger charge is -2.01. The number of esters is 1. The van der Waals surface area contributed by atoms with Crippen LogP contribution in [0.25, 0.3) is 0 Å². The molecule has 1 N–H and O–H groups in total. The number of halogens is 1. The molecular weight excluding hydrogens is 214 g/mol. The van der Waals surface area contributed by atoms with Crippen molar-refractivity contribution in [2.75, 3.05) is 18.5 Å². The smallest absolute Gasteiger partial charge is 0.325 e. The van der Waals surface area contributed by atoms with Crippen LogP contribution in [0.2, 0.25) is 5.15 Å². The zero-order valence-corrected chi connectivity index (χ0v) is 8.48. The molecule has 5 nitrogen and oxygen atoms in total. The van der Waals surface area contributed by atoms with Crippen molar-refractivity contribution in [3.8, 4) is 0 Å². The van der Waals surface area contributed by atoms with E-state index in [1.54, 1.807) is 6.92 Å². The van der Waals surface area contributed by atoms with Gasteiger partial charge in [0.25, 0.3) is 0 Å². The van der Waals surface area contributed by atoms with Crippen LogP contribution in [-0.2, 0) is 9.53 Å². The van der Waals surface area contributed by atoms with Crippen LogP contribution in [0.3, 0.4) is 0 Å². The third-order valence-corrected chi connectivity index (χ3v) is 2.05. The molecule has 1 heterocycles. The van der Waals surface area contributed by atoms with Crippen molar-refractivity contribution in [3.05, 3.63) is 5.15 Å². The molecule has 7 heteroatoms. The minimum Gasteiger partial charge on any atom is -0.465 e. The molecular formula is C6H8ClN3O2S. The second-order valence-electron chi connectivity index (χ2n) is 2.06. The summed E-state index contributed by atoms with van der Waals surface area (Å²) in [6.45, 7) is 2.16. The number of aromatic nitrogens is 2. The molecule has 0 aliphatic carbocycles. The molecule has 0 bridgehead atoms. The van der Waals surface area contributed by atoms with Gasteiger partial charge in [-0.05, 0) is 6.92 Å². The molecule has 0 fully saturated rings. The summed E-state index contributed by atoms with van der Waals surface area (Å²) in [4.78, 5) is 10.9. The number of hydrogen-bond acceptors (Lipinski definition) is 6. The van der Waals surface area contributed by atoms with Gasteiger partial charge in [0.1, 0.15) is 6.54 Å². The van der Waals surface area contributed by atoms with Crippen molar-refractivity contribution in [1.29, 1.82) is 0 Å². The van der Waals surface area contributed by atoms with Crippen LogP contribution in [-0.4, -0.2) is 27.9 Å². The van der Waals surface area contributed by atoms with E-state index in [4.69, 9.17) is 16.3 Å². The summed E-state index contributed by atoms with van der Waals surface area (Å²) in [5, 5.41) is 2.98. The van der Waals surface area contributed by atoms with Crippen LogP contribution in [0.5, 0.6) is 0 Å². The summed E-state index contributed by atoms with van der Waals surface area (Å²) in [6, 6.07) is 0. The van der Waals surface area contributed by atoms with E-state index in [1.807, 2.05) is 0 Å². The van der Waals surface area contributed by atoms with Gasteiger partial charge in [-0.1, -0.05) is 11.6 Å². The predicted octanol–water partition coefficient (Wildman–Crippen LogP) is 1.17. The van der Waals surface area contributed by atoms with E-state index in [0.717, 1.165) is 11.7 Å². The van der Waals surface area contributed by atoms with Crippen LogP contribution in [0, 0.1) is 0 Å². The molecule has 13 heavy (non-hydrogen) atoms. The fraction of sp³-hybridized carbons (Fsp3) is 0.500. The van der Waals surface area contributed by atoms with Gasteiger partial charge in [0.05, 0.1) is 18.3 Å². The highest BCUT2D eigenvalue weighted by Crippen LogP contribution is 2.16. The summed E-state index contributed by atoms with van der Waals surface area (Å²) < 4.78 is 12.2. The van der Waals surface area contributed by atoms with E-state index in [1.165, 1.54) is 0 Å². The molecule has 0 amide bonds. The van der Waals surface area contributed by atoms with Crippen LogP contribution in [0.4, 0.5) is 5.82 Å². The lowest BCUT2D eigenvalue weighted by atomic mass is 10.6. The quantitative estimate of drug-likeness (QED) is 0.774. The fourth-order valence-electron chi connectivity index (χ4n) is 0.651. The molecule has 0 atom stereocenters. The topological polar surface area (TPSA) is 64.1 Å². The van der Waals surface area contributed by atoms with Gasteiger partial charge in [-0.15, -0.1) is 0 Å². The van der Waals surface area contributed by atoms with Crippen LogP contribution in [0.15, 0.2) is 0 Å². The van der Waals surface area contributed by atoms with Crippen LogP contribution < -0.4 is 5.32 Å². The third-order valence-electron chi connectivity index (χ3n) is 1.15. The molecule has 1 aromatic heterocycles. The van der Waals surface area contributed by atoms with Gasteiger partial charge in [-0.3, -0.25) is 4.79 Å². The van der Waals surface area contributed by atoms with Gasteiger partial charge in [0, 0.05) is 0 Å². The number of carbonyl (C=O) groups excluding carboxylic acids is 1. The Morgan fingerprint density at radius 2 is 2.46 bits per heavy atom. The number of nitrogens with zero attached hydrogens (tertiary/aromatic N) is 2. The maximum absolute atomic E-state index is 10.9. The van der Waals surface area contributed by atoms with Crippen LogP contribution >= 0.6 is 23.3 Å². The summed E-state index contributed by atoms with van der Waals surface area (Å²) in [5.74, 6) is 0.0753. The first kappa shape index (κ1) is 10.2. The first-order valence-corrected chi connectivity index (χ1v) is 4.72. The Morgan fingerprint density at radius 3 is 3.00 bits per heavy atom. The Balaban J connectivity index is 2.35. The zero-order chi connectivity index (χ0) is 9.68. The highest BCUT2D eigenvalue weighted by Gasteiger charge is 2.06.